The maximum absolute atomic E-state index is 12.2. The number of nitrogen functional groups attached to an aromatic ring is 2. The van der Waals surface area contributed by atoms with Crippen LogP contribution >= 0.6 is 0 Å². The molecular weight excluding hydrogens is 718 g/mol. The summed E-state index contributed by atoms with van der Waals surface area (Å²) in [7, 11) is -6.95. The van der Waals surface area contributed by atoms with Gasteiger partial charge in [-0.25, -0.2) is 16.8 Å². The van der Waals surface area contributed by atoms with Crippen molar-refractivity contribution in [2.45, 2.75) is 9.79 Å². The minimum atomic E-state index is -5.08. The van der Waals surface area contributed by atoms with Gasteiger partial charge in [0.1, 0.15) is 20.2 Å². The molecule has 2 heterocycles. The molecule has 20 nitrogen and oxygen atoms in total. The van der Waals surface area contributed by atoms with Crippen molar-refractivity contribution in [2.24, 2.45) is 0 Å². The van der Waals surface area contributed by atoms with Gasteiger partial charge >= 0.3 is 59.1 Å². The maximum Gasteiger partial charge on any atom is 1.00 e. The van der Waals surface area contributed by atoms with E-state index in [0.717, 1.165) is 24.3 Å². The molecule has 0 aliphatic rings. The Balaban J connectivity index is 0.00000433. The minimum Gasteiger partial charge on any atom is -0.744 e. The Morgan fingerprint density at radius 1 is 0.680 bits per heavy atom. The fraction of sp³-hybridized carbons (Fsp3) is 0.231. The third kappa shape index (κ3) is 11.6. The van der Waals surface area contributed by atoms with Crippen LogP contribution in [0, 0.1) is 0 Å². The van der Waals surface area contributed by atoms with E-state index >= 15 is 0 Å². The number of hydrogen-bond acceptors (Lipinski definition) is 20. The number of aliphatic hydroxyl groups is 2. The molecule has 4 aromatic rings. The van der Waals surface area contributed by atoms with Gasteiger partial charge < -0.3 is 51.2 Å². The van der Waals surface area contributed by atoms with Gasteiger partial charge in [0.05, 0.1) is 23.0 Å². The maximum atomic E-state index is 12.2. The second-order valence-corrected chi connectivity index (χ2v) is 12.6. The molecule has 0 bridgehead atoms. The Hall–Kier alpha value is -3.26. The molecule has 0 amide bonds. The topological polar surface area (TPSA) is 315 Å². The number of likely N-dealkylation sites (N-methyl/N-ethyl adjacent to an activating group) is 2. The van der Waals surface area contributed by atoms with Crippen LogP contribution in [-0.2, 0) is 20.2 Å². The summed E-state index contributed by atoms with van der Waals surface area (Å²) in [4.78, 5) is 25.8. The van der Waals surface area contributed by atoms with Crippen molar-refractivity contribution in [1.29, 1.82) is 0 Å². The van der Waals surface area contributed by atoms with Crippen LogP contribution in [0.4, 0.5) is 47.1 Å². The zero-order chi connectivity index (χ0) is 35.2. The van der Waals surface area contributed by atoms with Crippen molar-refractivity contribution in [1.82, 2.24) is 29.9 Å². The van der Waals surface area contributed by atoms with Crippen LogP contribution in [0.3, 0.4) is 0 Å². The van der Waals surface area contributed by atoms with Gasteiger partial charge in [-0.2, -0.15) is 29.9 Å². The molecule has 0 saturated carbocycles. The van der Waals surface area contributed by atoms with Crippen LogP contribution in [0.25, 0.3) is 12.2 Å². The predicted octanol–water partition coefficient (Wildman–Crippen LogP) is -6.45. The molecule has 8 N–H and O–H groups in total. The molecule has 0 atom stereocenters. The van der Waals surface area contributed by atoms with E-state index in [4.69, 9.17) is 11.5 Å². The average molecular weight is 749 g/mol. The largest absolute Gasteiger partial charge is 1.00 e. The van der Waals surface area contributed by atoms with Gasteiger partial charge in [0.15, 0.2) is 0 Å². The van der Waals surface area contributed by atoms with E-state index in [-0.39, 0.29) is 144 Å². The number of rotatable bonds is 14. The first-order chi connectivity index (χ1) is 22.6. The smallest absolute Gasteiger partial charge is 0.744 e. The number of anilines is 8. The molecule has 0 aliphatic heterocycles. The van der Waals surface area contributed by atoms with Gasteiger partial charge in [0, 0.05) is 38.6 Å². The summed E-state index contributed by atoms with van der Waals surface area (Å²) in [5.41, 5.74) is 11.4. The van der Waals surface area contributed by atoms with E-state index in [9.17, 15) is 36.2 Å². The van der Waals surface area contributed by atoms with Crippen LogP contribution in [-0.4, -0.2) is 106 Å². The molecule has 2 aromatic carbocycles. The molecule has 0 unspecified atom stereocenters. The summed E-state index contributed by atoms with van der Waals surface area (Å²) < 4.78 is 73.2. The summed E-state index contributed by atoms with van der Waals surface area (Å²) in [6, 6.07) is 7.37. The zero-order valence-electron chi connectivity index (χ0n) is 27.3. The molecule has 0 fully saturated rings. The van der Waals surface area contributed by atoms with E-state index < -0.39 is 30.0 Å². The predicted molar refractivity (Wildman–Crippen MR) is 173 cm³/mol. The SMILES string of the molecule is CN(CCO)c1nc(N)nc(Nc2ccc(C=Cc3ccc(Nc4nc(N)nc(N(C)CCO)n4)cc3S(=O)(=O)[O-])c(S(=O)(=O)[O-])c2)n1.[Na+].[Na+]. The molecule has 256 valence electrons. The second kappa shape index (κ2) is 18.3. The number of nitrogens with zero attached hydrogens (tertiary/aromatic N) is 8. The average Bonchev–Trinajstić information content (AvgIpc) is 2.99. The fourth-order valence-corrected chi connectivity index (χ4v) is 5.48. The molecule has 2 aromatic heterocycles. The van der Waals surface area contributed by atoms with Gasteiger partial charge in [0.25, 0.3) is 0 Å². The van der Waals surface area contributed by atoms with Gasteiger partial charge in [-0.3, -0.25) is 0 Å². The molecule has 0 saturated heterocycles. The van der Waals surface area contributed by atoms with Gasteiger partial charge in [-0.1, -0.05) is 24.3 Å². The number of nitrogens with two attached hydrogens (primary N) is 2. The van der Waals surface area contributed by atoms with E-state index in [2.05, 4.69) is 40.5 Å². The number of aromatic nitrogens is 6. The third-order valence-electron chi connectivity index (χ3n) is 6.36. The Bertz CT molecular complexity index is 1920. The summed E-state index contributed by atoms with van der Waals surface area (Å²) in [5, 5.41) is 23.8. The summed E-state index contributed by atoms with van der Waals surface area (Å²) >= 11 is 0. The second-order valence-electron chi connectivity index (χ2n) is 9.92. The molecule has 24 heteroatoms. The van der Waals surface area contributed by atoms with Crippen LogP contribution in [0.2, 0.25) is 0 Å². The minimum absolute atomic E-state index is 0. The summed E-state index contributed by atoms with van der Waals surface area (Å²) in [6.45, 7) is 0.0111. The van der Waals surface area contributed by atoms with E-state index in [0.29, 0.717) is 0 Å². The Morgan fingerprint density at radius 2 is 1.04 bits per heavy atom. The first-order valence-corrected chi connectivity index (χ1v) is 16.5. The summed E-state index contributed by atoms with van der Waals surface area (Å²) in [6.07, 6.45) is 2.31. The molecule has 0 radical (unpaired) electrons. The molecule has 0 spiro atoms. The Morgan fingerprint density at radius 3 is 1.36 bits per heavy atom. The van der Waals surface area contributed by atoms with Crippen LogP contribution in [0.15, 0.2) is 46.2 Å². The van der Waals surface area contributed by atoms with E-state index in [1.165, 1.54) is 34.1 Å². The standard InChI is InChI=1S/C26H32N12O8S2.2Na/c1-37(9-11-39)25-33-21(27)31-23(35-25)29-17-7-5-15(19(13-17)47(41,42)43)3-4-16-6-8-18(14-20(16)48(44,45)46)30-24-32-22(28)34-26(36-24)38(2)10-12-40;;/h3-8,13-14,39-40H,9-12H2,1-2H3,(H,41,42,43)(H,44,45,46)(H3,27,29,31,33,35)(H3,28,30,32,34,36);;/q;2*+1/p-2. The van der Waals surface area contributed by atoms with Crippen LogP contribution in [0.5, 0.6) is 0 Å². The third-order valence-corrected chi connectivity index (χ3v) is 8.14. The van der Waals surface area contributed by atoms with Crippen LogP contribution < -0.4 is 91.0 Å². The van der Waals surface area contributed by atoms with E-state index in [1.54, 1.807) is 14.1 Å². The number of hydrogen-bond donors (Lipinski definition) is 6. The van der Waals surface area contributed by atoms with Gasteiger partial charge in [0.2, 0.25) is 35.7 Å². The zero-order valence-corrected chi connectivity index (χ0v) is 33.0. The van der Waals surface area contributed by atoms with Gasteiger partial charge in [-0.15, -0.1) is 0 Å². The normalized spacial score (nSPS) is 11.4. The molecule has 50 heavy (non-hydrogen) atoms. The number of nitrogens with one attached hydrogen (secondary N) is 2. The molecular formula is C26H30N12Na2O8S2. The molecule has 0 aliphatic carbocycles. The number of benzene rings is 2. The van der Waals surface area contributed by atoms with Crippen molar-refractivity contribution in [2.75, 3.05) is 72.3 Å². The van der Waals surface area contributed by atoms with Crippen LogP contribution in [0.1, 0.15) is 11.1 Å². The van der Waals surface area contributed by atoms with Crippen molar-refractivity contribution in [3.05, 3.63) is 47.5 Å². The molecule has 4 rings (SSSR count). The van der Waals surface area contributed by atoms with Crippen molar-refractivity contribution in [3.63, 3.8) is 0 Å². The quantitative estimate of drug-likeness (QED) is 0.0397. The van der Waals surface area contributed by atoms with Crippen molar-refractivity contribution < 1.29 is 95.3 Å². The fourth-order valence-electron chi connectivity index (χ4n) is 4.08. The number of aliphatic hydroxyl groups excluding tert-OH is 2. The van der Waals surface area contributed by atoms with Crippen molar-refractivity contribution >= 4 is 79.5 Å². The van der Waals surface area contributed by atoms with Crippen molar-refractivity contribution in [3.8, 4) is 0 Å². The Labute approximate surface area is 331 Å². The van der Waals surface area contributed by atoms with E-state index in [1.807, 2.05) is 0 Å². The van der Waals surface area contributed by atoms with Gasteiger partial charge in [-0.05, 0) is 35.4 Å². The Kier molecular flexibility index (Phi) is 15.7. The first kappa shape index (κ1) is 42.9. The first-order valence-electron chi connectivity index (χ1n) is 13.7. The summed E-state index contributed by atoms with van der Waals surface area (Å²) in [5.74, 6) is -0.246. The monoisotopic (exact) mass is 748 g/mol.